The fraction of sp³-hybridized carbons (Fsp3) is 0.600. The van der Waals surface area contributed by atoms with Gasteiger partial charge in [0.25, 0.3) is 0 Å². The summed E-state index contributed by atoms with van der Waals surface area (Å²) in [4.78, 5) is 51.9. The van der Waals surface area contributed by atoms with Crippen molar-refractivity contribution < 1.29 is 38.2 Å². The standard InChI is InChI=1S/C30H36O8/c1-16(31)37-23-24-26(3,4)21(33)9-11-27(24,5)19-8-12-28(6)20(29(19,7)25(23)38-17(2)32)14-22(34)30(28,35)18-10-13-36-15-18/h9-11,13-15,19,23-25,35H,8,12H2,1-7H3. The number of hydrogen-bond donors (Lipinski definition) is 1. The predicted molar refractivity (Wildman–Crippen MR) is 135 cm³/mol. The first kappa shape index (κ1) is 26.6. The van der Waals surface area contributed by atoms with Gasteiger partial charge >= 0.3 is 11.9 Å². The van der Waals surface area contributed by atoms with Crippen LogP contribution >= 0.6 is 0 Å². The molecule has 1 aromatic rings. The third-order valence-electron chi connectivity index (χ3n) is 10.4. The molecule has 8 heteroatoms. The molecular formula is C30H36O8. The van der Waals surface area contributed by atoms with Crippen molar-refractivity contribution >= 4 is 23.5 Å². The number of allylic oxidation sites excluding steroid dienone is 2. The van der Waals surface area contributed by atoms with E-state index in [4.69, 9.17) is 13.9 Å². The molecule has 8 unspecified atom stereocenters. The lowest BCUT2D eigenvalue weighted by Gasteiger charge is -2.68. The van der Waals surface area contributed by atoms with Crippen LogP contribution in [0.1, 0.15) is 66.9 Å². The van der Waals surface area contributed by atoms with Gasteiger partial charge in [-0.2, -0.15) is 0 Å². The molecule has 0 spiro atoms. The Balaban J connectivity index is 1.78. The smallest absolute Gasteiger partial charge is 0.303 e. The number of fused-ring (bicyclic) bond motifs is 5. The minimum atomic E-state index is -1.86. The second-order valence-electron chi connectivity index (χ2n) is 12.7. The van der Waals surface area contributed by atoms with Crippen molar-refractivity contribution in [1.82, 2.24) is 0 Å². The highest BCUT2D eigenvalue weighted by Crippen LogP contribution is 2.73. The minimum absolute atomic E-state index is 0.0902. The van der Waals surface area contributed by atoms with E-state index in [1.54, 1.807) is 12.1 Å². The highest BCUT2D eigenvalue weighted by Gasteiger charge is 2.75. The Morgan fingerprint density at radius 2 is 1.68 bits per heavy atom. The van der Waals surface area contributed by atoms with Crippen molar-refractivity contribution in [2.75, 3.05) is 0 Å². The lowest BCUT2D eigenvalue weighted by Crippen LogP contribution is -2.71. The van der Waals surface area contributed by atoms with Crippen molar-refractivity contribution in [1.29, 1.82) is 0 Å². The number of furan rings is 1. The van der Waals surface area contributed by atoms with Gasteiger partial charge in [0.2, 0.25) is 0 Å². The van der Waals surface area contributed by atoms with Gasteiger partial charge in [0, 0.05) is 41.6 Å². The third-order valence-corrected chi connectivity index (χ3v) is 10.4. The lowest BCUT2D eigenvalue weighted by atomic mass is 9.37. The summed E-state index contributed by atoms with van der Waals surface area (Å²) in [5.41, 5.74) is -4.45. The van der Waals surface area contributed by atoms with Crippen LogP contribution in [0.3, 0.4) is 0 Å². The van der Waals surface area contributed by atoms with Gasteiger partial charge in [-0.15, -0.1) is 0 Å². The van der Waals surface area contributed by atoms with Crippen molar-refractivity contribution in [2.45, 2.75) is 79.1 Å². The topological polar surface area (TPSA) is 120 Å². The van der Waals surface area contributed by atoms with E-state index < -0.39 is 63.1 Å². The molecular weight excluding hydrogens is 488 g/mol. The fourth-order valence-corrected chi connectivity index (χ4v) is 8.90. The molecule has 2 fully saturated rings. The maximum absolute atomic E-state index is 13.7. The quantitative estimate of drug-likeness (QED) is 0.588. The first-order chi connectivity index (χ1) is 17.6. The van der Waals surface area contributed by atoms with E-state index >= 15 is 0 Å². The van der Waals surface area contributed by atoms with Gasteiger partial charge < -0.3 is 19.0 Å². The van der Waals surface area contributed by atoms with Gasteiger partial charge in [-0.25, -0.2) is 0 Å². The molecule has 1 aromatic heterocycles. The van der Waals surface area contributed by atoms with Crippen LogP contribution in [-0.4, -0.2) is 40.8 Å². The van der Waals surface area contributed by atoms with Crippen molar-refractivity contribution in [2.24, 2.45) is 33.5 Å². The van der Waals surface area contributed by atoms with Gasteiger partial charge in [0.1, 0.15) is 12.2 Å². The molecule has 8 atom stereocenters. The molecule has 8 nitrogen and oxygen atoms in total. The molecule has 4 aliphatic rings. The molecule has 0 amide bonds. The lowest BCUT2D eigenvalue weighted by molar-refractivity contribution is -0.241. The van der Waals surface area contributed by atoms with E-state index in [2.05, 4.69) is 6.92 Å². The number of ketones is 2. The van der Waals surface area contributed by atoms with Crippen LogP contribution < -0.4 is 0 Å². The van der Waals surface area contributed by atoms with Gasteiger partial charge in [-0.3, -0.25) is 19.2 Å². The van der Waals surface area contributed by atoms with Crippen LogP contribution in [0.15, 0.2) is 46.8 Å². The molecule has 0 aliphatic heterocycles. The molecule has 204 valence electrons. The summed E-state index contributed by atoms with van der Waals surface area (Å²) < 4.78 is 17.3. The average Bonchev–Trinajstić information content (AvgIpc) is 3.41. The number of carbonyl (C=O) groups excluding carboxylic acids is 4. The molecule has 0 aromatic carbocycles. The predicted octanol–water partition coefficient (Wildman–Crippen LogP) is 4.06. The number of carbonyl (C=O) groups is 4. The summed E-state index contributed by atoms with van der Waals surface area (Å²) in [6.45, 7) is 12.1. The largest absolute Gasteiger partial charge is 0.472 e. The fourth-order valence-electron chi connectivity index (χ4n) is 8.90. The average molecular weight is 525 g/mol. The first-order valence-electron chi connectivity index (χ1n) is 13.2. The van der Waals surface area contributed by atoms with E-state index in [0.717, 1.165) is 0 Å². The van der Waals surface area contributed by atoms with Crippen LogP contribution in [-0.2, 0) is 34.3 Å². The zero-order chi connectivity index (χ0) is 28.1. The van der Waals surface area contributed by atoms with E-state index in [1.165, 1.54) is 32.4 Å². The second-order valence-corrected chi connectivity index (χ2v) is 12.7. The number of esters is 2. The van der Waals surface area contributed by atoms with Crippen LogP contribution in [0.25, 0.3) is 0 Å². The van der Waals surface area contributed by atoms with Gasteiger partial charge in [0.05, 0.1) is 12.5 Å². The zero-order valence-corrected chi connectivity index (χ0v) is 23.0. The van der Waals surface area contributed by atoms with Crippen molar-refractivity contribution in [3.8, 4) is 0 Å². The summed E-state index contributed by atoms with van der Waals surface area (Å²) >= 11 is 0. The van der Waals surface area contributed by atoms with E-state index in [0.29, 0.717) is 24.0 Å². The van der Waals surface area contributed by atoms with Gasteiger partial charge in [0.15, 0.2) is 17.2 Å². The van der Waals surface area contributed by atoms with Gasteiger partial charge in [-0.1, -0.05) is 40.7 Å². The summed E-state index contributed by atoms with van der Waals surface area (Å²) in [6.07, 6.45) is 6.92. The Hall–Kier alpha value is -3.00. The van der Waals surface area contributed by atoms with Crippen LogP contribution in [0, 0.1) is 33.5 Å². The van der Waals surface area contributed by atoms with Crippen LogP contribution in [0.4, 0.5) is 0 Å². The Labute approximate surface area is 222 Å². The van der Waals surface area contributed by atoms with Crippen molar-refractivity contribution in [3.63, 3.8) is 0 Å². The molecule has 0 saturated heterocycles. The van der Waals surface area contributed by atoms with Crippen LogP contribution in [0.5, 0.6) is 0 Å². The molecule has 4 aliphatic carbocycles. The number of rotatable bonds is 3. The molecule has 0 bridgehead atoms. The summed E-state index contributed by atoms with van der Waals surface area (Å²) in [6, 6.07) is 1.59. The molecule has 1 N–H and O–H groups in total. The summed E-state index contributed by atoms with van der Waals surface area (Å²) in [5.74, 6) is -2.36. The molecule has 0 radical (unpaired) electrons. The third kappa shape index (κ3) is 3.07. The SMILES string of the molecule is CC(=O)OC1C2C(C)(C)C(=O)C=CC2(C)C2CCC3(C)C(=CC(=O)C3(O)c3ccoc3)C2(C)C1OC(C)=O. The first-order valence-corrected chi connectivity index (χ1v) is 13.2. The van der Waals surface area contributed by atoms with E-state index in [9.17, 15) is 24.3 Å². The molecule has 5 rings (SSSR count). The zero-order valence-electron chi connectivity index (χ0n) is 23.0. The Morgan fingerprint density at radius 1 is 1.03 bits per heavy atom. The van der Waals surface area contributed by atoms with Crippen LogP contribution in [0.2, 0.25) is 0 Å². The Bertz CT molecular complexity index is 1290. The van der Waals surface area contributed by atoms with Crippen molar-refractivity contribution in [3.05, 3.63) is 48.0 Å². The monoisotopic (exact) mass is 524 g/mol. The normalized spacial score (nSPS) is 43.0. The van der Waals surface area contributed by atoms with E-state index in [-0.39, 0.29) is 11.7 Å². The summed E-state index contributed by atoms with van der Waals surface area (Å²) in [7, 11) is 0. The number of ether oxygens (including phenoxy) is 2. The Morgan fingerprint density at radius 3 is 2.26 bits per heavy atom. The summed E-state index contributed by atoms with van der Waals surface area (Å²) in [5, 5.41) is 12.1. The highest BCUT2D eigenvalue weighted by molar-refractivity contribution is 6.03. The molecule has 1 heterocycles. The highest BCUT2D eigenvalue weighted by atomic mass is 16.6. The molecule has 2 saturated carbocycles. The number of aliphatic hydroxyl groups is 1. The minimum Gasteiger partial charge on any atom is -0.472 e. The number of hydrogen-bond acceptors (Lipinski definition) is 8. The van der Waals surface area contributed by atoms with E-state index in [1.807, 2.05) is 33.8 Å². The second kappa shape index (κ2) is 8.01. The maximum Gasteiger partial charge on any atom is 0.303 e. The Kier molecular flexibility index (Phi) is 5.61. The maximum atomic E-state index is 13.7. The van der Waals surface area contributed by atoms with Gasteiger partial charge in [-0.05, 0) is 48.0 Å². The molecule has 38 heavy (non-hydrogen) atoms.